The maximum atomic E-state index is 6.45. The van der Waals surface area contributed by atoms with Gasteiger partial charge in [-0.15, -0.1) is 35.7 Å². The summed E-state index contributed by atoms with van der Waals surface area (Å²) in [5, 5.41) is 7.18. The van der Waals surface area contributed by atoms with E-state index in [1.54, 1.807) is 0 Å². The van der Waals surface area contributed by atoms with Crippen LogP contribution in [0.5, 0.6) is 11.5 Å². The first-order chi connectivity index (χ1) is 22.2. The monoisotopic (exact) mass is 797 g/mol. The van der Waals surface area contributed by atoms with Crippen molar-refractivity contribution in [3.05, 3.63) is 132 Å². The van der Waals surface area contributed by atoms with Crippen LogP contribution in [0.3, 0.4) is 0 Å². The van der Waals surface area contributed by atoms with E-state index in [4.69, 9.17) is 14.8 Å². The Kier molecular flexibility index (Phi) is 8.96. The Morgan fingerprint density at radius 2 is 1.57 bits per heavy atom. The number of hydrogen-bond donors (Lipinski definition) is 0. The molecule has 0 aliphatic carbocycles. The fourth-order valence-electron chi connectivity index (χ4n) is 6.43. The molecular weight excluding hydrogens is 760 g/mol. The molecule has 7 rings (SSSR count). The van der Waals surface area contributed by atoms with E-state index >= 15 is 0 Å². The minimum Gasteiger partial charge on any atom is -0.509 e. The average molecular weight is 798 g/mol. The van der Waals surface area contributed by atoms with Crippen LogP contribution in [0.25, 0.3) is 44.4 Å². The molecule has 0 saturated carbocycles. The van der Waals surface area contributed by atoms with Crippen LogP contribution >= 0.6 is 0 Å². The molecule has 0 spiro atoms. The summed E-state index contributed by atoms with van der Waals surface area (Å²) in [6, 6.07) is 38.5. The molecule has 3 heterocycles. The van der Waals surface area contributed by atoms with Gasteiger partial charge in [-0.2, -0.15) is 17.2 Å². The van der Waals surface area contributed by atoms with Crippen molar-refractivity contribution in [3.63, 3.8) is 0 Å². The number of nitrogens with zero attached hydrogens (tertiary/aromatic N) is 4. The first-order valence-corrected chi connectivity index (χ1v) is 16.0. The van der Waals surface area contributed by atoms with Crippen LogP contribution < -0.4 is 4.74 Å². The third-order valence-electron chi connectivity index (χ3n) is 8.45. The molecule has 47 heavy (non-hydrogen) atoms. The van der Waals surface area contributed by atoms with Gasteiger partial charge in [-0.25, -0.2) is 4.98 Å². The van der Waals surface area contributed by atoms with Gasteiger partial charge in [0, 0.05) is 34.5 Å². The second-order valence-corrected chi connectivity index (χ2v) is 13.2. The minimum atomic E-state index is 0. The van der Waals surface area contributed by atoms with Crippen molar-refractivity contribution in [1.82, 2.24) is 19.3 Å². The molecular formula is C41H38N4OPt. The van der Waals surface area contributed by atoms with E-state index in [9.17, 15) is 0 Å². The predicted molar refractivity (Wildman–Crippen MR) is 187 cm³/mol. The smallest absolute Gasteiger partial charge is 0.509 e. The van der Waals surface area contributed by atoms with Crippen molar-refractivity contribution in [2.24, 2.45) is 5.41 Å². The van der Waals surface area contributed by atoms with Gasteiger partial charge in [-0.05, 0) is 78.1 Å². The molecule has 3 aromatic heterocycles. The zero-order chi connectivity index (χ0) is 32.0. The van der Waals surface area contributed by atoms with Crippen molar-refractivity contribution < 1.29 is 25.8 Å². The number of fused-ring (bicyclic) bond motifs is 3. The zero-order valence-corrected chi connectivity index (χ0v) is 29.9. The number of hydrogen-bond acceptors (Lipinski definition) is 3. The Balaban J connectivity index is 0.00000386. The third-order valence-corrected chi connectivity index (χ3v) is 8.45. The number of rotatable bonds is 7. The summed E-state index contributed by atoms with van der Waals surface area (Å²) >= 11 is 0. The van der Waals surface area contributed by atoms with Crippen LogP contribution in [0.2, 0.25) is 0 Å². The van der Waals surface area contributed by atoms with Gasteiger partial charge in [0.05, 0.1) is 5.69 Å². The maximum absolute atomic E-state index is 6.45. The molecule has 0 amide bonds. The van der Waals surface area contributed by atoms with E-state index < -0.39 is 0 Å². The van der Waals surface area contributed by atoms with E-state index in [1.807, 2.05) is 48.1 Å². The fourth-order valence-corrected chi connectivity index (χ4v) is 6.43. The molecule has 0 unspecified atom stereocenters. The Morgan fingerprint density at radius 1 is 0.787 bits per heavy atom. The Hall–Kier alpha value is -4.47. The van der Waals surface area contributed by atoms with Crippen LogP contribution in [0.1, 0.15) is 50.2 Å². The zero-order valence-electron chi connectivity index (χ0n) is 27.7. The number of ether oxygens (including phenoxy) is 1. The van der Waals surface area contributed by atoms with Gasteiger partial charge in [0.2, 0.25) is 0 Å². The molecule has 0 N–H and O–H groups in total. The summed E-state index contributed by atoms with van der Waals surface area (Å²) in [5.74, 6) is 2.10. The van der Waals surface area contributed by atoms with E-state index in [0.717, 1.165) is 63.3 Å². The molecule has 0 radical (unpaired) electrons. The van der Waals surface area contributed by atoms with Crippen LogP contribution in [0.4, 0.5) is 0 Å². The average Bonchev–Trinajstić information content (AvgIpc) is 3.52. The second-order valence-electron chi connectivity index (χ2n) is 13.2. The Morgan fingerprint density at radius 3 is 2.34 bits per heavy atom. The van der Waals surface area contributed by atoms with E-state index in [-0.39, 0.29) is 26.5 Å². The van der Waals surface area contributed by atoms with Crippen molar-refractivity contribution in [2.75, 3.05) is 0 Å². The summed E-state index contributed by atoms with van der Waals surface area (Å²) in [5.41, 5.74) is 9.91. The number of aromatic nitrogens is 4. The van der Waals surface area contributed by atoms with Gasteiger partial charge in [-0.3, -0.25) is 4.68 Å². The second kappa shape index (κ2) is 13.0. The summed E-state index contributed by atoms with van der Waals surface area (Å²) in [6.45, 7) is 13.1. The summed E-state index contributed by atoms with van der Waals surface area (Å²) in [4.78, 5) is 4.84. The van der Waals surface area contributed by atoms with E-state index in [0.29, 0.717) is 11.5 Å². The largest absolute Gasteiger partial charge is 2.00 e. The van der Waals surface area contributed by atoms with Crippen LogP contribution in [-0.2, 0) is 33.9 Å². The Labute approximate surface area is 291 Å². The molecule has 238 valence electrons. The molecule has 0 fully saturated rings. The molecule has 0 aliphatic heterocycles. The maximum Gasteiger partial charge on any atom is 2.00 e. The molecule has 0 atom stereocenters. The van der Waals surface area contributed by atoms with Crippen LogP contribution in [0, 0.1) is 31.4 Å². The van der Waals surface area contributed by atoms with Gasteiger partial charge in [0.1, 0.15) is 5.82 Å². The summed E-state index contributed by atoms with van der Waals surface area (Å²) in [7, 11) is 0. The van der Waals surface area contributed by atoms with E-state index in [2.05, 4.69) is 112 Å². The van der Waals surface area contributed by atoms with Gasteiger partial charge in [-0.1, -0.05) is 75.7 Å². The summed E-state index contributed by atoms with van der Waals surface area (Å²) < 4.78 is 10.6. The molecule has 7 aromatic rings. The standard InChI is InChI=1S/C41H38N4O.Pt/c1-7-29-16-19-37-36(22-29)35-18-17-34(25-38(35)44(37)39-23-30(20-21-42-39)26-41(4,5)6)46-33-15-11-14-32(24-33)45-28(3)40(27(2)43-45)31-12-9-8-10-13-31;/h8-23H,7,26H2,1-6H3;/q-2;+2. The molecule has 5 nitrogen and oxygen atoms in total. The topological polar surface area (TPSA) is 44.9 Å². The van der Waals surface area contributed by atoms with Crippen molar-refractivity contribution >= 4 is 21.8 Å². The van der Waals surface area contributed by atoms with Crippen molar-refractivity contribution in [3.8, 4) is 34.1 Å². The SMILES string of the molecule is CCc1ccc2c(c1)c1ccc(Oc3[c-]c(-n4nc(C)c(-c5ccccc5)c4C)ccc3)[c-]c1n2-c1cc(CC(C)(C)C)ccn1.[Pt+2]. The van der Waals surface area contributed by atoms with Crippen LogP contribution in [-0.4, -0.2) is 19.3 Å². The minimum absolute atomic E-state index is 0. The molecule has 0 bridgehead atoms. The molecule has 4 aromatic carbocycles. The number of aryl methyl sites for hydroxylation is 2. The summed E-state index contributed by atoms with van der Waals surface area (Å²) in [6.07, 6.45) is 3.85. The molecule has 6 heteroatoms. The van der Waals surface area contributed by atoms with Crippen LogP contribution in [0.15, 0.2) is 97.2 Å². The van der Waals surface area contributed by atoms with Gasteiger partial charge in [0.15, 0.2) is 0 Å². The Bertz CT molecular complexity index is 2210. The van der Waals surface area contributed by atoms with Gasteiger partial charge >= 0.3 is 21.1 Å². The normalized spacial score (nSPS) is 11.6. The first-order valence-electron chi connectivity index (χ1n) is 16.0. The molecule has 0 aliphatic rings. The van der Waals surface area contributed by atoms with E-state index in [1.165, 1.54) is 16.5 Å². The fraction of sp³-hybridized carbons (Fsp3) is 0.220. The van der Waals surface area contributed by atoms with Gasteiger partial charge < -0.3 is 9.30 Å². The number of pyridine rings is 1. The quantitative estimate of drug-likeness (QED) is 0.151. The van der Waals surface area contributed by atoms with Gasteiger partial charge in [0.25, 0.3) is 0 Å². The predicted octanol–water partition coefficient (Wildman–Crippen LogP) is 10.2. The van der Waals surface area contributed by atoms with Crippen molar-refractivity contribution in [1.29, 1.82) is 0 Å². The number of benzene rings is 4. The first kappa shape index (κ1) is 32.5. The van der Waals surface area contributed by atoms with Crippen molar-refractivity contribution in [2.45, 2.75) is 54.4 Å². The third kappa shape index (κ3) is 6.42. The molecule has 0 saturated heterocycles.